The Labute approximate surface area is 199 Å². The van der Waals surface area contributed by atoms with Gasteiger partial charge in [-0.1, -0.05) is 6.42 Å². The molecule has 7 nitrogen and oxygen atoms in total. The van der Waals surface area contributed by atoms with Crippen LogP contribution in [-0.4, -0.2) is 56.8 Å². The molecule has 2 aliphatic heterocycles. The van der Waals surface area contributed by atoms with Crippen LogP contribution in [0.4, 0.5) is 5.69 Å². The number of carbonyl (C=O) groups excluding carboxylic acids is 1. The predicted octanol–water partition coefficient (Wildman–Crippen LogP) is 3.88. The SMILES string of the molecule is COc1ccc(S(=O)(=O)N2CCCCC2)cc1NC(=O)CN1CCc2sccc2[C@@H]1C1CC1. The molecule has 1 saturated carbocycles. The number of amides is 1. The fourth-order valence-electron chi connectivity index (χ4n) is 5.11. The lowest BCUT2D eigenvalue weighted by molar-refractivity contribution is -0.118. The highest BCUT2D eigenvalue weighted by Gasteiger charge is 2.40. The largest absolute Gasteiger partial charge is 0.495 e. The minimum atomic E-state index is -3.59. The van der Waals surface area contributed by atoms with E-state index in [4.69, 9.17) is 4.74 Å². The highest BCUT2D eigenvalue weighted by Crippen LogP contribution is 2.48. The molecule has 0 radical (unpaired) electrons. The van der Waals surface area contributed by atoms with Gasteiger partial charge in [0.05, 0.1) is 24.2 Å². The van der Waals surface area contributed by atoms with Crippen LogP contribution in [0.5, 0.6) is 5.75 Å². The molecular weight excluding hydrogens is 458 g/mol. The second kappa shape index (κ2) is 9.37. The number of anilines is 1. The van der Waals surface area contributed by atoms with Crippen LogP contribution in [0, 0.1) is 5.92 Å². The molecule has 1 aromatic carbocycles. The van der Waals surface area contributed by atoms with Crippen molar-refractivity contribution in [3.05, 3.63) is 40.1 Å². The first kappa shape index (κ1) is 22.8. The Morgan fingerprint density at radius 3 is 2.67 bits per heavy atom. The average Bonchev–Trinajstić information content (AvgIpc) is 3.55. The zero-order chi connectivity index (χ0) is 23.0. The molecule has 2 aromatic rings. The second-order valence-electron chi connectivity index (χ2n) is 9.18. The molecular formula is C24H31N3O4S2. The number of nitrogens with zero attached hydrogens (tertiary/aromatic N) is 2. The molecule has 1 atom stereocenters. The van der Waals surface area contributed by atoms with E-state index in [9.17, 15) is 13.2 Å². The maximum absolute atomic E-state index is 13.1. The van der Waals surface area contributed by atoms with Gasteiger partial charge in [-0.15, -0.1) is 11.3 Å². The van der Waals surface area contributed by atoms with Crippen LogP contribution >= 0.6 is 11.3 Å². The van der Waals surface area contributed by atoms with Gasteiger partial charge in [0.25, 0.3) is 0 Å². The van der Waals surface area contributed by atoms with Crippen LogP contribution in [0.15, 0.2) is 34.5 Å². The van der Waals surface area contributed by atoms with Gasteiger partial charge in [-0.2, -0.15) is 4.31 Å². The van der Waals surface area contributed by atoms with Crippen LogP contribution < -0.4 is 10.1 Å². The van der Waals surface area contributed by atoms with Crippen molar-refractivity contribution in [2.24, 2.45) is 5.92 Å². The van der Waals surface area contributed by atoms with Gasteiger partial charge in [0.2, 0.25) is 15.9 Å². The van der Waals surface area contributed by atoms with Crippen LogP contribution in [-0.2, 0) is 21.2 Å². The van der Waals surface area contributed by atoms with Crippen LogP contribution in [0.2, 0.25) is 0 Å². The first-order valence-electron chi connectivity index (χ1n) is 11.8. The third-order valence-electron chi connectivity index (χ3n) is 6.93. The zero-order valence-electron chi connectivity index (χ0n) is 19.0. The molecule has 33 heavy (non-hydrogen) atoms. The number of piperidine rings is 1. The minimum absolute atomic E-state index is 0.148. The fraction of sp³-hybridized carbons (Fsp3) is 0.542. The van der Waals surface area contributed by atoms with Gasteiger partial charge in [-0.25, -0.2) is 8.42 Å². The molecule has 178 valence electrons. The van der Waals surface area contributed by atoms with Crippen LogP contribution in [0.25, 0.3) is 0 Å². The monoisotopic (exact) mass is 489 g/mol. The predicted molar refractivity (Wildman–Crippen MR) is 129 cm³/mol. The van der Waals surface area contributed by atoms with Gasteiger partial charge >= 0.3 is 0 Å². The Balaban J connectivity index is 1.33. The van der Waals surface area contributed by atoms with E-state index < -0.39 is 10.0 Å². The van der Waals surface area contributed by atoms with Crippen molar-refractivity contribution < 1.29 is 17.9 Å². The van der Waals surface area contributed by atoms with E-state index in [1.54, 1.807) is 12.1 Å². The number of sulfonamides is 1. The number of thiophene rings is 1. The van der Waals surface area contributed by atoms with Crippen molar-refractivity contribution in [1.82, 2.24) is 9.21 Å². The van der Waals surface area contributed by atoms with E-state index in [1.807, 2.05) is 11.3 Å². The third kappa shape index (κ3) is 4.69. The molecule has 1 aliphatic carbocycles. The number of fused-ring (bicyclic) bond motifs is 1. The molecule has 1 amide bonds. The summed E-state index contributed by atoms with van der Waals surface area (Å²) < 4.78 is 33.2. The Morgan fingerprint density at radius 1 is 1.15 bits per heavy atom. The third-order valence-corrected chi connectivity index (χ3v) is 9.82. The van der Waals surface area contributed by atoms with Gasteiger partial charge in [0.1, 0.15) is 5.75 Å². The van der Waals surface area contributed by atoms with E-state index in [1.165, 1.54) is 40.8 Å². The molecule has 1 N–H and O–H groups in total. The number of benzene rings is 1. The molecule has 2 fully saturated rings. The van der Waals surface area contributed by atoms with Gasteiger partial charge in [-0.3, -0.25) is 9.69 Å². The summed E-state index contributed by atoms with van der Waals surface area (Å²) in [5.41, 5.74) is 1.78. The second-order valence-corrected chi connectivity index (χ2v) is 12.1. The quantitative estimate of drug-likeness (QED) is 0.639. The summed E-state index contributed by atoms with van der Waals surface area (Å²) in [4.78, 5) is 17.0. The molecule has 5 rings (SSSR count). The first-order chi connectivity index (χ1) is 16.0. The average molecular weight is 490 g/mol. The molecule has 0 unspecified atom stereocenters. The summed E-state index contributed by atoms with van der Waals surface area (Å²) in [5, 5.41) is 5.09. The number of carbonyl (C=O) groups is 1. The van der Waals surface area contributed by atoms with Crippen LogP contribution in [0.3, 0.4) is 0 Å². The van der Waals surface area contributed by atoms with Gasteiger partial charge in [-0.05, 0) is 73.2 Å². The maximum atomic E-state index is 13.1. The molecule has 1 saturated heterocycles. The number of nitrogens with one attached hydrogen (secondary N) is 1. The standard InChI is InChI=1S/C24H31N3O4S2/c1-31-21-8-7-18(33(29,30)27-11-3-2-4-12-27)15-20(21)25-23(28)16-26-13-9-22-19(10-14-32-22)24(26)17-5-6-17/h7-8,10,14-15,17,24H,2-6,9,11-13,16H2,1H3,(H,25,28)/t24-/m0/s1. The summed E-state index contributed by atoms with van der Waals surface area (Å²) in [7, 11) is -2.07. The number of ether oxygens (including phenoxy) is 1. The molecule has 3 aliphatic rings. The van der Waals surface area contributed by atoms with E-state index in [2.05, 4.69) is 21.7 Å². The Morgan fingerprint density at radius 2 is 1.94 bits per heavy atom. The fourth-order valence-corrected chi connectivity index (χ4v) is 7.57. The van der Waals surface area contributed by atoms with Crippen molar-refractivity contribution in [1.29, 1.82) is 0 Å². The summed E-state index contributed by atoms with van der Waals surface area (Å²) in [6.45, 7) is 2.22. The van der Waals surface area contributed by atoms with Crippen LogP contribution in [0.1, 0.15) is 48.6 Å². The molecule has 0 spiro atoms. The first-order valence-corrected chi connectivity index (χ1v) is 14.1. The number of hydrogen-bond acceptors (Lipinski definition) is 6. The minimum Gasteiger partial charge on any atom is -0.495 e. The topological polar surface area (TPSA) is 79.0 Å². The van der Waals surface area contributed by atoms with Crippen molar-refractivity contribution in [2.75, 3.05) is 38.6 Å². The normalized spacial score (nSPS) is 22.0. The number of rotatable bonds is 7. The molecule has 9 heteroatoms. The number of methoxy groups -OCH3 is 1. The lowest BCUT2D eigenvalue weighted by Crippen LogP contribution is -2.41. The van der Waals surface area contributed by atoms with E-state index in [0.717, 1.165) is 32.2 Å². The maximum Gasteiger partial charge on any atom is 0.243 e. The lowest BCUT2D eigenvalue weighted by atomic mass is 9.96. The molecule has 3 heterocycles. The summed E-state index contributed by atoms with van der Waals surface area (Å²) in [5.74, 6) is 0.933. The van der Waals surface area contributed by atoms with Gasteiger partial charge in [0, 0.05) is 30.6 Å². The van der Waals surface area contributed by atoms with E-state index in [0.29, 0.717) is 36.5 Å². The van der Waals surface area contributed by atoms with Crippen molar-refractivity contribution >= 4 is 33.0 Å². The number of hydrogen-bond donors (Lipinski definition) is 1. The van der Waals surface area contributed by atoms with Crippen molar-refractivity contribution in [3.8, 4) is 5.75 Å². The van der Waals surface area contributed by atoms with Crippen molar-refractivity contribution in [2.45, 2.75) is 49.5 Å². The van der Waals surface area contributed by atoms with Gasteiger partial charge < -0.3 is 10.1 Å². The van der Waals surface area contributed by atoms with E-state index in [-0.39, 0.29) is 17.3 Å². The Bertz CT molecular complexity index is 1120. The Hall–Kier alpha value is -1.94. The summed E-state index contributed by atoms with van der Waals surface area (Å²) >= 11 is 1.81. The lowest BCUT2D eigenvalue weighted by Gasteiger charge is -2.35. The zero-order valence-corrected chi connectivity index (χ0v) is 20.6. The Kier molecular flexibility index (Phi) is 6.48. The molecule has 0 bridgehead atoms. The summed E-state index contributed by atoms with van der Waals surface area (Å²) in [6, 6.07) is 7.23. The molecule has 1 aromatic heterocycles. The highest BCUT2D eigenvalue weighted by atomic mass is 32.2. The summed E-state index contributed by atoms with van der Waals surface area (Å²) in [6.07, 6.45) is 6.20. The van der Waals surface area contributed by atoms with E-state index >= 15 is 0 Å². The highest BCUT2D eigenvalue weighted by molar-refractivity contribution is 7.89. The van der Waals surface area contributed by atoms with Gasteiger partial charge in [0.15, 0.2) is 0 Å². The van der Waals surface area contributed by atoms with Crippen molar-refractivity contribution in [3.63, 3.8) is 0 Å². The smallest absolute Gasteiger partial charge is 0.243 e.